The summed E-state index contributed by atoms with van der Waals surface area (Å²) >= 11 is 1.56. The molecule has 0 unspecified atom stereocenters. The van der Waals surface area contributed by atoms with Crippen LogP contribution >= 0.6 is 11.3 Å². The minimum Gasteiger partial charge on any atom is -0.346 e. The zero-order chi connectivity index (χ0) is 14.7. The molecular formula is C16H11N3OS. The fraction of sp³-hybridized carbons (Fsp3) is 0.0625. The zero-order valence-corrected chi connectivity index (χ0v) is 11.9. The Labute approximate surface area is 125 Å². The summed E-state index contributed by atoms with van der Waals surface area (Å²) < 4.78 is 1.10. The Morgan fingerprint density at radius 2 is 2.10 bits per heavy atom. The quantitative estimate of drug-likeness (QED) is 0.807. The van der Waals surface area contributed by atoms with Crippen LogP contribution in [-0.4, -0.2) is 10.9 Å². The molecule has 0 fully saturated rings. The van der Waals surface area contributed by atoms with Gasteiger partial charge < -0.3 is 5.32 Å². The van der Waals surface area contributed by atoms with E-state index in [-0.39, 0.29) is 5.91 Å². The Morgan fingerprint density at radius 3 is 2.90 bits per heavy atom. The van der Waals surface area contributed by atoms with Crippen molar-refractivity contribution in [3.8, 4) is 6.07 Å². The highest BCUT2D eigenvalue weighted by Gasteiger charge is 2.08. The predicted octanol–water partition coefficient (Wildman–Crippen LogP) is 3.10. The van der Waals surface area contributed by atoms with E-state index in [9.17, 15) is 4.79 Å². The Hall–Kier alpha value is -2.71. The van der Waals surface area contributed by atoms with Gasteiger partial charge in [-0.3, -0.25) is 4.79 Å². The zero-order valence-electron chi connectivity index (χ0n) is 11.0. The van der Waals surface area contributed by atoms with E-state index in [1.165, 1.54) is 0 Å². The highest BCUT2D eigenvalue weighted by Crippen LogP contribution is 2.21. The van der Waals surface area contributed by atoms with Crippen LogP contribution in [0.1, 0.15) is 20.9 Å². The van der Waals surface area contributed by atoms with Crippen molar-refractivity contribution in [3.63, 3.8) is 0 Å². The molecule has 1 N–H and O–H groups in total. The van der Waals surface area contributed by atoms with Gasteiger partial charge in [0.2, 0.25) is 0 Å². The lowest BCUT2D eigenvalue weighted by Crippen LogP contribution is -2.22. The van der Waals surface area contributed by atoms with Gasteiger partial charge in [0.1, 0.15) is 5.01 Å². The van der Waals surface area contributed by atoms with Crippen LogP contribution in [0.25, 0.3) is 10.2 Å². The summed E-state index contributed by atoms with van der Waals surface area (Å²) in [6.45, 7) is 0.384. The lowest BCUT2D eigenvalue weighted by Gasteiger charge is -2.03. The summed E-state index contributed by atoms with van der Waals surface area (Å²) in [5.41, 5.74) is 1.90. The molecule has 3 rings (SSSR count). The van der Waals surface area contributed by atoms with Crippen LogP contribution in [0, 0.1) is 11.3 Å². The Morgan fingerprint density at radius 1 is 1.24 bits per heavy atom. The number of hydrogen-bond donors (Lipinski definition) is 1. The van der Waals surface area contributed by atoms with Crippen molar-refractivity contribution in [2.24, 2.45) is 0 Å². The number of hydrogen-bond acceptors (Lipinski definition) is 4. The number of rotatable bonds is 3. The second-order valence-corrected chi connectivity index (χ2v) is 5.57. The van der Waals surface area contributed by atoms with E-state index < -0.39 is 0 Å². The predicted molar refractivity (Wildman–Crippen MR) is 81.9 cm³/mol. The van der Waals surface area contributed by atoms with Crippen LogP contribution in [0.3, 0.4) is 0 Å². The van der Waals surface area contributed by atoms with E-state index in [0.29, 0.717) is 17.7 Å². The number of nitrogens with zero attached hydrogens (tertiary/aromatic N) is 2. The fourth-order valence-corrected chi connectivity index (χ4v) is 2.89. The van der Waals surface area contributed by atoms with Crippen molar-refractivity contribution in [2.75, 3.05) is 0 Å². The van der Waals surface area contributed by atoms with Crippen molar-refractivity contribution in [1.29, 1.82) is 5.26 Å². The van der Waals surface area contributed by atoms with Crippen LogP contribution < -0.4 is 5.32 Å². The first kappa shape index (κ1) is 13.3. The van der Waals surface area contributed by atoms with E-state index in [0.717, 1.165) is 15.2 Å². The summed E-state index contributed by atoms with van der Waals surface area (Å²) in [6, 6.07) is 16.5. The number of fused-ring (bicyclic) bond motifs is 1. The second kappa shape index (κ2) is 5.73. The molecule has 1 amide bonds. The molecule has 2 aromatic carbocycles. The van der Waals surface area contributed by atoms with Gasteiger partial charge in [-0.15, -0.1) is 11.3 Å². The summed E-state index contributed by atoms with van der Waals surface area (Å²) in [5, 5.41) is 12.5. The number of nitrogens with one attached hydrogen (secondary N) is 1. The molecule has 0 spiro atoms. The number of thiazole rings is 1. The molecule has 1 heterocycles. The molecule has 5 heteroatoms. The molecule has 0 saturated heterocycles. The molecule has 21 heavy (non-hydrogen) atoms. The van der Waals surface area contributed by atoms with Crippen molar-refractivity contribution >= 4 is 27.5 Å². The number of nitriles is 1. The molecule has 0 aliphatic heterocycles. The first-order valence-corrected chi connectivity index (χ1v) is 7.21. The van der Waals surface area contributed by atoms with Crippen LogP contribution in [0.2, 0.25) is 0 Å². The third kappa shape index (κ3) is 2.91. The smallest absolute Gasteiger partial charge is 0.251 e. The lowest BCUT2D eigenvalue weighted by atomic mass is 10.1. The maximum absolute atomic E-state index is 12.1. The number of benzene rings is 2. The lowest BCUT2D eigenvalue weighted by molar-refractivity contribution is 0.0951. The summed E-state index contributed by atoms with van der Waals surface area (Å²) in [5.74, 6) is -0.202. The van der Waals surface area contributed by atoms with Gasteiger partial charge in [-0.1, -0.05) is 18.2 Å². The van der Waals surface area contributed by atoms with E-state index >= 15 is 0 Å². The third-order valence-electron chi connectivity index (χ3n) is 2.99. The third-order valence-corrected chi connectivity index (χ3v) is 4.03. The Bertz CT molecular complexity index is 815. The molecule has 0 radical (unpaired) electrons. The second-order valence-electron chi connectivity index (χ2n) is 4.45. The molecule has 0 aliphatic rings. The average Bonchev–Trinajstić information content (AvgIpc) is 2.95. The number of para-hydroxylation sites is 1. The minimum absolute atomic E-state index is 0.202. The SMILES string of the molecule is N#Cc1cccc(C(=O)NCc2nc3ccccc3s2)c1. The van der Waals surface area contributed by atoms with Crippen molar-refractivity contribution in [1.82, 2.24) is 10.3 Å². The minimum atomic E-state index is -0.202. The topological polar surface area (TPSA) is 65.8 Å². The van der Waals surface area contributed by atoms with Gasteiger partial charge in [0.05, 0.1) is 28.4 Å². The van der Waals surface area contributed by atoms with Crippen molar-refractivity contribution < 1.29 is 4.79 Å². The Kier molecular flexibility index (Phi) is 3.63. The number of carbonyl (C=O) groups is 1. The Balaban J connectivity index is 1.72. The number of aromatic nitrogens is 1. The fourth-order valence-electron chi connectivity index (χ4n) is 1.98. The van der Waals surface area contributed by atoms with Gasteiger partial charge in [-0.05, 0) is 30.3 Å². The van der Waals surface area contributed by atoms with E-state index in [1.54, 1.807) is 35.6 Å². The van der Waals surface area contributed by atoms with Crippen LogP contribution in [0.5, 0.6) is 0 Å². The van der Waals surface area contributed by atoms with Gasteiger partial charge in [0, 0.05) is 5.56 Å². The normalized spacial score (nSPS) is 10.2. The maximum Gasteiger partial charge on any atom is 0.251 e. The standard InChI is InChI=1S/C16H11N3OS/c17-9-11-4-3-5-12(8-11)16(20)18-10-15-19-13-6-1-2-7-14(13)21-15/h1-8H,10H2,(H,18,20). The molecular weight excluding hydrogens is 282 g/mol. The largest absolute Gasteiger partial charge is 0.346 e. The van der Waals surface area contributed by atoms with Crippen LogP contribution in [0.15, 0.2) is 48.5 Å². The van der Waals surface area contributed by atoms with Gasteiger partial charge in [-0.2, -0.15) is 5.26 Å². The van der Waals surface area contributed by atoms with Gasteiger partial charge in [0.15, 0.2) is 0 Å². The molecule has 1 aromatic heterocycles. The highest BCUT2D eigenvalue weighted by molar-refractivity contribution is 7.18. The molecule has 0 bridgehead atoms. The first-order chi connectivity index (χ1) is 10.3. The average molecular weight is 293 g/mol. The van der Waals surface area contributed by atoms with Crippen molar-refractivity contribution in [3.05, 3.63) is 64.7 Å². The summed E-state index contributed by atoms with van der Waals surface area (Å²) in [4.78, 5) is 16.5. The first-order valence-electron chi connectivity index (χ1n) is 6.39. The monoisotopic (exact) mass is 293 g/mol. The van der Waals surface area contributed by atoms with Gasteiger partial charge in [0.25, 0.3) is 5.91 Å². The molecule has 0 aliphatic carbocycles. The van der Waals surface area contributed by atoms with E-state index in [2.05, 4.69) is 10.3 Å². The van der Waals surface area contributed by atoms with Crippen LogP contribution in [-0.2, 0) is 6.54 Å². The van der Waals surface area contributed by atoms with Crippen molar-refractivity contribution in [2.45, 2.75) is 6.54 Å². The van der Waals surface area contributed by atoms with Crippen LogP contribution in [0.4, 0.5) is 0 Å². The maximum atomic E-state index is 12.1. The molecule has 0 saturated carbocycles. The number of amides is 1. The summed E-state index contributed by atoms with van der Waals surface area (Å²) in [7, 11) is 0. The molecule has 3 aromatic rings. The molecule has 0 atom stereocenters. The number of carbonyl (C=O) groups excluding carboxylic acids is 1. The summed E-state index contributed by atoms with van der Waals surface area (Å²) in [6.07, 6.45) is 0. The van der Waals surface area contributed by atoms with E-state index in [4.69, 9.17) is 5.26 Å². The van der Waals surface area contributed by atoms with E-state index in [1.807, 2.05) is 30.3 Å². The highest BCUT2D eigenvalue weighted by atomic mass is 32.1. The van der Waals surface area contributed by atoms with Gasteiger partial charge >= 0.3 is 0 Å². The molecule has 102 valence electrons. The van der Waals surface area contributed by atoms with Gasteiger partial charge in [-0.25, -0.2) is 4.98 Å². The molecule has 4 nitrogen and oxygen atoms in total.